The van der Waals surface area contributed by atoms with E-state index in [0.29, 0.717) is 11.3 Å². The summed E-state index contributed by atoms with van der Waals surface area (Å²) in [5.41, 5.74) is 4.79. The van der Waals surface area contributed by atoms with Gasteiger partial charge in [-0.15, -0.1) is 0 Å². The van der Waals surface area contributed by atoms with Crippen LogP contribution in [0.5, 0.6) is 0 Å². The number of sulfonamides is 1. The molecule has 7 heteroatoms. The minimum absolute atomic E-state index is 0.0450. The molecule has 1 aliphatic heterocycles. The first-order valence-corrected chi connectivity index (χ1v) is 9.65. The van der Waals surface area contributed by atoms with Crippen LogP contribution in [0.1, 0.15) is 26.7 Å². The van der Waals surface area contributed by atoms with E-state index in [-0.39, 0.29) is 16.7 Å². The van der Waals surface area contributed by atoms with Crippen molar-refractivity contribution < 1.29 is 13.2 Å². The summed E-state index contributed by atoms with van der Waals surface area (Å²) in [6.45, 7) is 4.15. The molecule has 0 aromatic heterocycles. The topological polar surface area (TPSA) is 101 Å². The average molecular weight is 359 g/mol. The number of anilines is 1. The molecule has 1 aliphatic carbocycles. The highest BCUT2D eigenvalue weighted by molar-refractivity contribution is 7.89. The number of nitrogens with two attached hydrogens (primary N) is 1. The number of fused-ring (bicyclic) bond motifs is 1. The third-order valence-electron chi connectivity index (χ3n) is 4.49. The molecule has 1 aromatic rings. The van der Waals surface area contributed by atoms with Crippen LogP contribution in [-0.2, 0) is 14.8 Å². The Balaban J connectivity index is 1.83. The smallest absolute Gasteiger partial charge is 0.253 e. The molecule has 6 nitrogen and oxygen atoms in total. The lowest BCUT2D eigenvalue weighted by molar-refractivity contribution is -0.116. The zero-order valence-electron chi connectivity index (χ0n) is 14.2. The third kappa shape index (κ3) is 3.52. The number of carbonyl (C=O) groups is 1. The van der Waals surface area contributed by atoms with Crippen molar-refractivity contribution in [3.05, 3.63) is 59.0 Å². The van der Waals surface area contributed by atoms with E-state index in [2.05, 4.69) is 30.6 Å². The van der Waals surface area contributed by atoms with Gasteiger partial charge in [0.1, 0.15) is 0 Å². The monoisotopic (exact) mass is 359 g/mol. The van der Waals surface area contributed by atoms with Gasteiger partial charge < -0.3 is 10.6 Å². The van der Waals surface area contributed by atoms with Gasteiger partial charge in [-0.2, -0.15) is 0 Å². The SMILES string of the molecule is CCC1=C2NC(=O)C(=CNc3ccc(S(N)(=O)=O)cc3)C2CC(C)=C1. The van der Waals surface area contributed by atoms with Crippen LogP contribution in [-0.4, -0.2) is 14.3 Å². The molecule has 1 heterocycles. The van der Waals surface area contributed by atoms with Crippen LogP contribution in [0.3, 0.4) is 0 Å². The second-order valence-corrected chi connectivity index (χ2v) is 7.87. The highest BCUT2D eigenvalue weighted by Crippen LogP contribution is 2.38. The molecule has 1 amide bonds. The highest BCUT2D eigenvalue weighted by Gasteiger charge is 2.36. The van der Waals surface area contributed by atoms with Crippen molar-refractivity contribution in [1.82, 2.24) is 5.32 Å². The summed E-state index contributed by atoms with van der Waals surface area (Å²) in [6.07, 6.45) is 5.54. The predicted octanol–water partition coefficient (Wildman–Crippen LogP) is 2.39. The van der Waals surface area contributed by atoms with E-state index >= 15 is 0 Å². The van der Waals surface area contributed by atoms with E-state index in [1.807, 2.05) is 0 Å². The van der Waals surface area contributed by atoms with Gasteiger partial charge in [-0.05, 0) is 49.6 Å². The average Bonchev–Trinajstić information content (AvgIpc) is 2.87. The maximum absolute atomic E-state index is 12.3. The molecule has 2 aliphatic rings. The van der Waals surface area contributed by atoms with Crippen LogP contribution >= 0.6 is 0 Å². The van der Waals surface area contributed by atoms with Crippen LogP contribution in [0.25, 0.3) is 0 Å². The fourth-order valence-corrected chi connectivity index (χ4v) is 3.74. The van der Waals surface area contributed by atoms with Gasteiger partial charge in [-0.25, -0.2) is 13.6 Å². The largest absolute Gasteiger partial charge is 0.361 e. The van der Waals surface area contributed by atoms with Crippen molar-refractivity contribution in [3.8, 4) is 0 Å². The zero-order valence-corrected chi connectivity index (χ0v) is 15.0. The summed E-state index contributed by atoms with van der Waals surface area (Å²) in [6, 6.07) is 6.09. The first-order chi connectivity index (χ1) is 11.8. The van der Waals surface area contributed by atoms with E-state index in [1.165, 1.54) is 23.3 Å². The summed E-state index contributed by atoms with van der Waals surface area (Å²) >= 11 is 0. The lowest BCUT2D eigenvalue weighted by Crippen LogP contribution is -2.16. The molecule has 1 unspecified atom stereocenters. The maximum Gasteiger partial charge on any atom is 0.253 e. The van der Waals surface area contributed by atoms with E-state index in [0.717, 1.165) is 18.5 Å². The summed E-state index contributed by atoms with van der Waals surface area (Å²) < 4.78 is 22.6. The van der Waals surface area contributed by atoms with Gasteiger partial charge in [0.15, 0.2) is 0 Å². The normalized spacial score (nSPS) is 21.9. The number of rotatable bonds is 4. The molecule has 132 valence electrons. The number of hydrogen-bond acceptors (Lipinski definition) is 4. The Morgan fingerprint density at radius 1 is 1.32 bits per heavy atom. The van der Waals surface area contributed by atoms with Gasteiger partial charge in [0.05, 0.1) is 4.90 Å². The molecule has 25 heavy (non-hydrogen) atoms. The first kappa shape index (κ1) is 17.4. The van der Waals surface area contributed by atoms with Crippen LogP contribution < -0.4 is 15.8 Å². The molecule has 1 atom stereocenters. The van der Waals surface area contributed by atoms with E-state index in [9.17, 15) is 13.2 Å². The Kier molecular flexibility index (Phi) is 4.53. The van der Waals surface area contributed by atoms with E-state index in [1.54, 1.807) is 18.3 Å². The number of amides is 1. The van der Waals surface area contributed by atoms with Crippen LogP contribution in [0.2, 0.25) is 0 Å². The standard InChI is InChI=1S/C18H21N3O3S/c1-3-12-8-11(2)9-15-16(18(22)21-17(12)15)10-20-13-4-6-14(7-5-13)25(19,23)24/h4-8,10,15,20H,3,9H2,1-2H3,(H,21,22)(H2,19,23,24). The van der Waals surface area contributed by atoms with Crippen molar-refractivity contribution in [2.24, 2.45) is 11.1 Å². The van der Waals surface area contributed by atoms with Crippen molar-refractivity contribution in [3.63, 3.8) is 0 Å². The van der Waals surface area contributed by atoms with Crippen molar-refractivity contribution in [2.45, 2.75) is 31.6 Å². The summed E-state index contributed by atoms with van der Waals surface area (Å²) in [4.78, 5) is 12.4. The third-order valence-corrected chi connectivity index (χ3v) is 5.41. The van der Waals surface area contributed by atoms with Gasteiger partial charge >= 0.3 is 0 Å². The molecular formula is C18H21N3O3S. The highest BCUT2D eigenvalue weighted by atomic mass is 32.2. The predicted molar refractivity (Wildman–Crippen MR) is 96.8 cm³/mol. The maximum atomic E-state index is 12.3. The Morgan fingerprint density at radius 2 is 2.00 bits per heavy atom. The molecule has 1 saturated heterocycles. The Bertz CT molecular complexity index is 909. The van der Waals surface area contributed by atoms with Crippen LogP contribution in [0.4, 0.5) is 5.69 Å². The van der Waals surface area contributed by atoms with E-state index < -0.39 is 10.0 Å². The zero-order chi connectivity index (χ0) is 18.2. The number of nitrogens with one attached hydrogen (secondary N) is 2. The number of carbonyl (C=O) groups excluding carboxylic acids is 1. The molecule has 0 saturated carbocycles. The van der Waals surface area contributed by atoms with Gasteiger partial charge in [0, 0.05) is 29.1 Å². The fourth-order valence-electron chi connectivity index (χ4n) is 3.23. The molecule has 0 spiro atoms. The lowest BCUT2D eigenvalue weighted by atomic mass is 9.85. The van der Waals surface area contributed by atoms with Gasteiger partial charge in [0.2, 0.25) is 10.0 Å². The molecule has 1 fully saturated rings. The lowest BCUT2D eigenvalue weighted by Gasteiger charge is -2.20. The van der Waals surface area contributed by atoms with Gasteiger partial charge in [-0.3, -0.25) is 4.79 Å². The Morgan fingerprint density at radius 3 is 2.60 bits per heavy atom. The second kappa shape index (κ2) is 6.50. The molecule has 3 rings (SSSR count). The summed E-state index contributed by atoms with van der Waals surface area (Å²) in [7, 11) is -3.71. The van der Waals surface area contributed by atoms with E-state index in [4.69, 9.17) is 5.14 Å². The Labute approximate surface area is 147 Å². The quantitative estimate of drug-likeness (QED) is 0.719. The first-order valence-electron chi connectivity index (χ1n) is 8.10. The number of allylic oxidation sites excluding steroid dienone is 4. The Hall–Kier alpha value is -2.38. The molecule has 1 aromatic carbocycles. The van der Waals surface area contributed by atoms with Crippen molar-refractivity contribution in [1.29, 1.82) is 0 Å². The molecule has 0 radical (unpaired) electrons. The number of primary sulfonamides is 1. The molecular weight excluding hydrogens is 338 g/mol. The summed E-state index contributed by atoms with van der Waals surface area (Å²) in [5.74, 6) is -0.0497. The van der Waals surface area contributed by atoms with Crippen molar-refractivity contribution in [2.75, 3.05) is 5.32 Å². The van der Waals surface area contributed by atoms with Gasteiger partial charge in [0.25, 0.3) is 5.91 Å². The number of hydrogen-bond donors (Lipinski definition) is 3. The van der Waals surface area contributed by atoms with Gasteiger partial charge in [-0.1, -0.05) is 18.6 Å². The summed E-state index contributed by atoms with van der Waals surface area (Å²) in [5, 5.41) is 11.1. The van der Waals surface area contributed by atoms with Crippen LogP contribution in [0.15, 0.2) is 63.9 Å². The van der Waals surface area contributed by atoms with Crippen molar-refractivity contribution >= 4 is 21.6 Å². The second-order valence-electron chi connectivity index (χ2n) is 6.31. The molecule has 0 bridgehead atoms. The fraction of sp³-hybridized carbons (Fsp3) is 0.278. The molecule has 4 N–H and O–H groups in total. The van der Waals surface area contributed by atoms with Crippen LogP contribution in [0, 0.1) is 5.92 Å². The minimum atomic E-state index is -3.71. The number of benzene rings is 1. The minimum Gasteiger partial charge on any atom is -0.361 e.